The van der Waals surface area contributed by atoms with Gasteiger partial charge in [0.15, 0.2) is 0 Å². The lowest BCUT2D eigenvalue weighted by molar-refractivity contribution is 0.380. The van der Waals surface area contributed by atoms with E-state index in [1.807, 2.05) is 26.2 Å². The molecule has 1 rings (SSSR count). The number of nitrogens with two attached hydrogens (primary N) is 1. The molecule has 0 bridgehead atoms. The molecule has 0 fully saturated rings. The number of thiophene rings is 1. The maximum Gasteiger partial charge on any atom is 0.244 e. The summed E-state index contributed by atoms with van der Waals surface area (Å²) in [6.07, 6.45) is 0.789. The third kappa shape index (κ3) is 2.70. The van der Waals surface area contributed by atoms with Crippen molar-refractivity contribution in [3.05, 3.63) is 15.8 Å². The minimum absolute atomic E-state index is 0.00933. The summed E-state index contributed by atoms with van der Waals surface area (Å²) >= 11 is 1.41. The first kappa shape index (κ1) is 14.6. The van der Waals surface area contributed by atoms with Crippen LogP contribution >= 0.6 is 11.3 Å². The van der Waals surface area contributed by atoms with Crippen molar-refractivity contribution in [3.8, 4) is 0 Å². The van der Waals surface area contributed by atoms with Gasteiger partial charge in [0.05, 0.1) is 0 Å². The van der Waals surface area contributed by atoms with Crippen molar-refractivity contribution >= 4 is 21.4 Å². The lowest BCUT2D eigenvalue weighted by atomic mass is 10.3. The Kier molecular flexibility index (Phi) is 4.71. The van der Waals surface area contributed by atoms with Gasteiger partial charge < -0.3 is 5.73 Å². The van der Waals surface area contributed by atoms with E-state index < -0.39 is 10.0 Å². The van der Waals surface area contributed by atoms with E-state index in [4.69, 9.17) is 5.73 Å². The Hall–Kier alpha value is -0.430. The molecule has 0 saturated heterocycles. The van der Waals surface area contributed by atoms with E-state index in [2.05, 4.69) is 0 Å². The summed E-state index contributed by atoms with van der Waals surface area (Å²) in [5, 5.41) is 1.85. The Morgan fingerprint density at radius 3 is 2.59 bits per heavy atom. The summed E-state index contributed by atoms with van der Waals surface area (Å²) < 4.78 is 26.4. The van der Waals surface area contributed by atoms with Gasteiger partial charge in [-0.3, -0.25) is 0 Å². The molecule has 1 aromatic heterocycles. The highest BCUT2D eigenvalue weighted by Crippen LogP contribution is 2.29. The molecule has 1 heterocycles. The lowest BCUT2D eigenvalue weighted by Crippen LogP contribution is -2.35. The Labute approximate surface area is 107 Å². The quantitative estimate of drug-likeness (QED) is 0.894. The second-order valence-electron chi connectivity index (χ2n) is 4.15. The van der Waals surface area contributed by atoms with Crippen LogP contribution in [0.25, 0.3) is 0 Å². The zero-order valence-electron chi connectivity index (χ0n) is 10.7. The van der Waals surface area contributed by atoms with E-state index in [0.717, 1.165) is 16.9 Å². The second kappa shape index (κ2) is 5.48. The van der Waals surface area contributed by atoms with Crippen molar-refractivity contribution in [3.63, 3.8) is 0 Å². The monoisotopic (exact) mass is 276 g/mol. The summed E-state index contributed by atoms with van der Waals surface area (Å²) in [6.45, 7) is 5.96. The van der Waals surface area contributed by atoms with Gasteiger partial charge in [-0.2, -0.15) is 4.31 Å². The third-order valence-corrected chi connectivity index (χ3v) is 6.48. The van der Waals surface area contributed by atoms with Crippen LogP contribution < -0.4 is 5.73 Å². The fraction of sp³-hybridized carbons (Fsp3) is 0.636. The van der Waals surface area contributed by atoms with Gasteiger partial charge in [0.1, 0.15) is 4.90 Å². The van der Waals surface area contributed by atoms with Gasteiger partial charge >= 0.3 is 0 Å². The van der Waals surface area contributed by atoms with Crippen LogP contribution in [-0.4, -0.2) is 25.8 Å². The van der Waals surface area contributed by atoms with E-state index in [1.54, 1.807) is 7.05 Å². The largest absolute Gasteiger partial charge is 0.326 e. The van der Waals surface area contributed by atoms with Crippen molar-refractivity contribution in [2.24, 2.45) is 5.73 Å². The zero-order chi connectivity index (χ0) is 13.2. The molecule has 1 aromatic rings. The summed E-state index contributed by atoms with van der Waals surface area (Å²) in [6, 6.07) is -0.00933. The number of rotatable bonds is 5. The average Bonchev–Trinajstić information content (AvgIpc) is 2.68. The van der Waals surface area contributed by atoms with E-state index in [-0.39, 0.29) is 12.6 Å². The Morgan fingerprint density at radius 1 is 1.53 bits per heavy atom. The van der Waals surface area contributed by atoms with Crippen molar-refractivity contribution < 1.29 is 8.42 Å². The molecule has 0 saturated carbocycles. The fourth-order valence-corrected chi connectivity index (χ4v) is 4.70. The number of sulfonamides is 1. The maximum absolute atomic E-state index is 12.5. The van der Waals surface area contributed by atoms with E-state index in [0.29, 0.717) is 4.90 Å². The molecule has 1 atom stereocenters. The molecule has 0 radical (unpaired) electrons. The second-order valence-corrected chi connectivity index (χ2v) is 7.05. The minimum Gasteiger partial charge on any atom is -0.326 e. The SMILES string of the molecule is CCC(C)N(C)S(=O)(=O)c1c(C)csc1CN. The smallest absolute Gasteiger partial charge is 0.244 e. The van der Waals surface area contributed by atoms with Gasteiger partial charge in [-0.05, 0) is 31.2 Å². The van der Waals surface area contributed by atoms with Crippen LogP contribution in [0.4, 0.5) is 0 Å². The fourth-order valence-electron chi connectivity index (χ4n) is 1.61. The van der Waals surface area contributed by atoms with E-state index in [9.17, 15) is 8.42 Å². The minimum atomic E-state index is -3.42. The third-order valence-electron chi connectivity index (χ3n) is 3.02. The molecule has 0 aliphatic rings. The molecule has 6 heteroatoms. The first-order valence-electron chi connectivity index (χ1n) is 5.61. The van der Waals surface area contributed by atoms with Crippen LogP contribution in [-0.2, 0) is 16.6 Å². The van der Waals surface area contributed by atoms with Crippen LogP contribution in [0.1, 0.15) is 30.7 Å². The summed E-state index contributed by atoms with van der Waals surface area (Å²) in [4.78, 5) is 1.13. The highest BCUT2D eigenvalue weighted by molar-refractivity contribution is 7.89. The lowest BCUT2D eigenvalue weighted by Gasteiger charge is -2.23. The highest BCUT2D eigenvalue weighted by atomic mass is 32.2. The predicted molar refractivity (Wildman–Crippen MR) is 71.6 cm³/mol. The summed E-state index contributed by atoms with van der Waals surface area (Å²) in [7, 11) is -1.79. The highest BCUT2D eigenvalue weighted by Gasteiger charge is 2.29. The first-order chi connectivity index (χ1) is 7.86. The molecular weight excluding hydrogens is 256 g/mol. The van der Waals surface area contributed by atoms with Crippen LogP contribution in [0.2, 0.25) is 0 Å². The van der Waals surface area contributed by atoms with Crippen molar-refractivity contribution in [1.29, 1.82) is 0 Å². The standard InChI is InChI=1S/C11H20N2O2S2/c1-5-9(3)13(4)17(14,15)11-8(2)7-16-10(11)6-12/h7,9H,5-6,12H2,1-4H3. The zero-order valence-corrected chi connectivity index (χ0v) is 12.4. The summed E-state index contributed by atoms with van der Waals surface area (Å²) in [5.41, 5.74) is 6.38. The van der Waals surface area contributed by atoms with Gasteiger partial charge in [0.25, 0.3) is 0 Å². The maximum atomic E-state index is 12.5. The van der Waals surface area contributed by atoms with Crippen LogP contribution in [0.15, 0.2) is 10.3 Å². The van der Waals surface area contributed by atoms with Gasteiger partial charge in [0.2, 0.25) is 10.0 Å². The van der Waals surface area contributed by atoms with Crippen molar-refractivity contribution in [2.45, 2.75) is 44.7 Å². The molecule has 98 valence electrons. The van der Waals surface area contributed by atoms with Gasteiger partial charge in [-0.1, -0.05) is 6.92 Å². The number of aryl methyl sites for hydroxylation is 1. The summed E-state index contributed by atoms with van der Waals surface area (Å²) in [5.74, 6) is 0. The van der Waals surface area contributed by atoms with Crippen LogP contribution in [0.5, 0.6) is 0 Å². The topological polar surface area (TPSA) is 63.4 Å². The van der Waals surface area contributed by atoms with E-state index in [1.165, 1.54) is 15.6 Å². The number of hydrogen-bond donors (Lipinski definition) is 1. The molecule has 0 aliphatic heterocycles. The molecule has 17 heavy (non-hydrogen) atoms. The van der Waals surface area contributed by atoms with E-state index >= 15 is 0 Å². The molecular formula is C11H20N2O2S2. The molecule has 4 nitrogen and oxygen atoms in total. The van der Waals surface area contributed by atoms with Crippen LogP contribution in [0, 0.1) is 6.92 Å². The van der Waals surface area contributed by atoms with Gasteiger partial charge in [-0.25, -0.2) is 8.42 Å². The Morgan fingerprint density at radius 2 is 2.12 bits per heavy atom. The predicted octanol–water partition coefficient (Wildman–Crippen LogP) is 1.93. The average molecular weight is 276 g/mol. The molecule has 0 aliphatic carbocycles. The van der Waals surface area contributed by atoms with Crippen molar-refractivity contribution in [2.75, 3.05) is 7.05 Å². The Balaban J connectivity index is 3.26. The van der Waals surface area contributed by atoms with Gasteiger partial charge in [0, 0.05) is 24.5 Å². The van der Waals surface area contributed by atoms with Gasteiger partial charge in [-0.15, -0.1) is 11.3 Å². The first-order valence-corrected chi connectivity index (χ1v) is 7.93. The number of nitrogens with zero attached hydrogens (tertiary/aromatic N) is 1. The van der Waals surface area contributed by atoms with Crippen LogP contribution in [0.3, 0.4) is 0 Å². The Bertz CT molecular complexity index is 480. The molecule has 0 aromatic carbocycles. The molecule has 0 spiro atoms. The normalized spacial score (nSPS) is 14.2. The number of hydrogen-bond acceptors (Lipinski definition) is 4. The molecule has 2 N–H and O–H groups in total. The van der Waals surface area contributed by atoms with Crippen molar-refractivity contribution in [1.82, 2.24) is 4.31 Å². The molecule has 1 unspecified atom stereocenters. The molecule has 0 amide bonds.